The van der Waals surface area contributed by atoms with Gasteiger partial charge in [-0.2, -0.15) is 4.39 Å². The van der Waals surface area contributed by atoms with E-state index < -0.39 is 11.5 Å². The molecule has 0 bridgehead atoms. The zero-order valence-electron chi connectivity index (χ0n) is 18.8. The number of nitrogens with zero attached hydrogens (tertiary/aromatic N) is 3. The molecule has 0 saturated carbocycles. The molecular formula is C25H26BrFN4O2. The van der Waals surface area contributed by atoms with E-state index in [0.717, 1.165) is 34.0 Å². The number of benzene rings is 1. The Hall–Kier alpha value is -3.00. The Labute approximate surface area is 201 Å². The molecule has 172 valence electrons. The SMILES string of the molecule is CC(C)(C)OC(=O)N1CCC[C@H]1c1cc(-c2cnc(N)c(-c3ccnc(F)c3)c2)ccc1Br. The lowest BCUT2D eigenvalue weighted by Crippen LogP contribution is -2.36. The van der Waals surface area contributed by atoms with Crippen molar-refractivity contribution in [1.82, 2.24) is 14.9 Å². The van der Waals surface area contributed by atoms with E-state index in [9.17, 15) is 9.18 Å². The van der Waals surface area contributed by atoms with Crippen molar-refractivity contribution >= 4 is 27.8 Å². The van der Waals surface area contributed by atoms with Gasteiger partial charge in [-0.25, -0.2) is 14.8 Å². The molecule has 1 saturated heterocycles. The molecule has 4 rings (SSSR count). The minimum atomic E-state index is -0.577. The fourth-order valence-electron chi connectivity index (χ4n) is 4.04. The van der Waals surface area contributed by atoms with Crippen LogP contribution in [0.3, 0.4) is 0 Å². The Bertz CT molecular complexity index is 1200. The summed E-state index contributed by atoms with van der Waals surface area (Å²) >= 11 is 3.66. The molecule has 8 heteroatoms. The van der Waals surface area contributed by atoms with Crippen molar-refractivity contribution in [3.63, 3.8) is 0 Å². The summed E-state index contributed by atoms with van der Waals surface area (Å²) < 4.78 is 20.2. The summed E-state index contributed by atoms with van der Waals surface area (Å²) in [6, 6.07) is 10.8. The summed E-state index contributed by atoms with van der Waals surface area (Å²) in [5.74, 6) is -0.264. The van der Waals surface area contributed by atoms with E-state index in [1.165, 1.54) is 12.3 Å². The fourth-order valence-corrected chi connectivity index (χ4v) is 4.55. The second-order valence-corrected chi connectivity index (χ2v) is 9.95. The van der Waals surface area contributed by atoms with Gasteiger partial charge in [-0.15, -0.1) is 0 Å². The third-order valence-electron chi connectivity index (χ3n) is 5.53. The van der Waals surface area contributed by atoms with Gasteiger partial charge in [0.05, 0.1) is 6.04 Å². The Morgan fingerprint density at radius 2 is 1.94 bits per heavy atom. The molecule has 33 heavy (non-hydrogen) atoms. The number of halogens is 2. The van der Waals surface area contributed by atoms with Crippen LogP contribution >= 0.6 is 15.9 Å². The predicted octanol–water partition coefficient (Wildman–Crippen LogP) is 6.37. The van der Waals surface area contributed by atoms with Crippen LogP contribution in [0.1, 0.15) is 45.2 Å². The van der Waals surface area contributed by atoms with Crippen LogP contribution in [0, 0.1) is 5.95 Å². The smallest absolute Gasteiger partial charge is 0.410 e. The summed E-state index contributed by atoms with van der Waals surface area (Å²) in [5, 5.41) is 0. The van der Waals surface area contributed by atoms with Crippen molar-refractivity contribution in [3.8, 4) is 22.3 Å². The van der Waals surface area contributed by atoms with Crippen LogP contribution in [0.15, 0.2) is 53.3 Å². The lowest BCUT2D eigenvalue weighted by Gasteiger charge is -2.29. The first-order chi connectivity index (χ1) is 15.6. The summed E-state index contributed by atoms with van der Waals surface area (Å²) in [7, 11) is 0. The van der Waals surface area contributed by atoms with E-state index in [-0.39, 0.29) is 12.1 Å². The monoisotopic (exact) mass is 512 g/mol. The van der Waals surface area contributed by atoms with Crippen molar-refractivity contribution in [3.05, 3.63) is 64.8 Å². The van der Waals surface area contributed by atoms with Crippen molar-refractivity contribution in [2.75, 3.05) is 12.3 Å². The Balaban J connectivity index is 1.69. The number of anilines is 1. The molecule has 1 aromatic carbocycles. The summed E-state index contributed by atoms with van der Waals surface area (Å²) in [6.07, 6.45) is 4.55. The van der Waals surface area contributed by atoms with Gasteiger partial charge in [-0.3, -0.25) is 0 Å². The molecule has 6 nitrogen and oxygen atoms in total. The normalized spacial score (nSPS) is 16.2. The molecule has 1 aliphatic rings. The number of carbonyl (C=O) groups excluding carboxylic acids is 1. The number of hydrogen-bond acceptors (Lipinski definition) is 5. The van der Waals surface area contributed by atoms with E-state index in [1.54, 1.807) is 17.2 Å². The minimum Gasteiger partial charge on any atom is -0.444 e. The Morgan fingerprint density at radius 1 is 1.15 bits per heavy atom. The van der Waals surface area contributed by atoms with Gasteiger partial charge in [0.2, 0.25) is 5.95 Å². The highest BCUT2D eigenvalue weighted by atomic mass is 79.9. The van der Waals surface area contributed by atoms with E-state index in [1.807, 2.05) is 39.0 Å². The molecule has 0 aliphatic carbocycles. The lowest BCUT2D eigenvalue weighted by molar-refractivity contribution is 0.0224. The predicted molar refractivity (Wildman–Crippen MR) is 130 cm³/mol. The Kier molecular flexibility index (Phi) is 6.38. The standard InChI is InChI=1S/C25H26BrFN4O2/c1-25(2,3)33-24(32)31-10-4-5-21(31)19-11-15(6-7-20(19)26)17-12-18(23(28)30-14-17)16-8-9-29-22(27)13-16/h6-9,11-14,21H,4-5,10H2,1-3H3,(H2,28,30)/t21-/m0/s1. The molecule has 0 spiro atoms. The van der Waals surface area contributed by atoms with Gasteiger partial charge in [0.1, 0.15) is 11.4 Å². The topological polar surface area (TPSA) is 81.3 Å². The van der Waals surface area contributed by atoms with E-state index >= 15 is 0 Å². The van der Waals surface area contributed by atoms with Crippen LogP contribution in [0.25, 0.3) is 22.3 Å². The third-order valence-corrected chi connectivity index (χ3v) is 6.25. The number of hydrogen-bond donors (Lipinski definition) is 1. The van der Waals surface area contributed by atoms with Gasteiger partial charge in [0.15, 0.2) is 0 Å². The second kappa shape index (κ2) is 9.09. The molecule has 2 N–H and O–H groups in total. The van der Waals surface area contributed by atoms with Crippen LogP contribution in [-0.2, 0) is 4.74 Å². The fraction of sp³-hybridized carbons (Fsp3) is 0.320. The average molecular weight is 513 g/mol. The third kappa shape index (κ3) is 5.16. The van der Waals surface area contributed by atoms with Gasteiger partial charge < -0.3 is 15.4 Å². The lowest BCUT2D eigenvalue weighted by atomic mass is 9.97. The highest BCUT2D eigenvalue weighted by Crippen LogP contribution is 2.39. The number of likely N-dealkylation sites (tertiary alicyclic amines) is 1. The zero-order chi connectivity index (χ0) is 23.8. The number of aromatic nitrogens is 2. The highest BCUT2D eigenvalue weighted by molar-refractivity contribution is 9.10. The zero-order valence-corrected chi connectivity index (χ0v) is 20.4. The summed E-state index contributed by atoms with van der Waals surface area (Å²) in [5.41, 5.74) is 9.54. The number of amides is 1. The van der Waals surface area contributed by atoms with Crippen LogP contribution in [-0.4, -0.2) is 33.1 Å². The molecule has 3 heterocycles. The number of nitrogens with two attached hydrogens (primary N) is 1. The summed E-state index contributed by atoms with van der Waals surface area (Å²) in [4.78, 5) is 22.5. The van der Waals surface area contributed by atoms with Crippen LogP contribution in [0.2, 0.25) is 0 Å². The first kappa shape index (κ1) is 23.2. The van der Waals surface area contributed by atoms with Crippen LogP contribution < -0.4 is 5.73 Å². The van der Waals surface area contributed by atoms with Crippen molar-refractivity contribution in [2.45, 2.75) is 45.3 Å². The molecule has 1 atom stereocenters. The van der Waals surface area contributed by atoms with Crippen molar-refractivity contribution in [1.29, 1.82) is 0 Å². The molecule has 0 unspecified atom stereocenters. The molecule has 2 aromatic heterocycles. The molecule has 1 aliphatic heterocycles. The van der Waals surface area contributed by atoms with Gasteiger partial charge in [-0.1, -0.05) is 22.0 Å². The Morgan fingerprint density at radius 3 is 2.67 bits per heavy atom. The highest BCUT2D eigenvalue weighted by Gasteiger charge is 2.34. The van der Waals surface area contributed by atoms with E-state index in [2.05, 4.69) is 32.0 Å². The number of pyridine rings is 2. The second-order valence-electron chi connectivity index (χ2n) is 9.09. The minimum absolute atomic E-state index is 0.0929. The number of carbonyl (C=O) groups is 1. The average Bonchev–Trinajstić information content (AvgIpc) is 3.23. The first-order valence-electron chi connectivity index (χ1n) is 10.8. The number of ether oxygens (including phenoxy) is 1. The van der Waals surface area contributed by atoms with Crippen LogP contribution in [0.4, 0.5) is 15.0 Å². The summed E-state index contributed by atoms with van der Waals surface area (Å²) in [6.45, 7) is 6.25. The maximum Gasteiger partial charge on any atom is 0.410 e. The van der Waals surface area contributed by atoms with Crippen molar-refractivity contribution < 1.29 is 13.9 Å². The molecular weight excluding hydrogens is 487 g/mol. The van der Waals surface area contributed by atoms with Crippen molar-refractivity contribution in [2.24, 2.45) is 0 Å². The molecule has 1 fully saturated rings. The van der Waals surface area contributed by atoms with Gasteiger partial charge in [0, 0.05) is 40.6 Å². The largest absolute Gasteiger partial charge is 0.444 e. The van der Waals surface area contributed by atoms with E-state index in [0.29, 0.717) is 23.5 Å². The van der Waals surface area contributed by atoms with Gasteiger partial charge in [0.25, 0.3) is 0 Å². The van der Waals surface area contributed by atoms with Gasteiger partial charge in [-0.05, 0) is 74.6 Å². The molecule has 1 amide bonds. The van der Waals surface area contributed by atoms with E-state index in [4.69, 9.17) is 10.5 Å². The van der Waals surface area contributed by atoms with Gasteiger partial charge >= 0.3 is 6.09 Å². The maximum atomic E-state index is 13.7. The maximum absolute atomic E-state index is 13.7. The molecule has 0 radical (unpaired) electrons. The van der Waals surface area contributed by atoms with Crippen LogP contribution in [0.5, 0.6) is 0 Å². The number of nitrogen functional groups attached to an aromatic ring is 1. The quantitative estimate of drug-likeness (QED) is 0.412. The number of rotatable bonds is 3. The molecule has 3 aromatic rings. The first-order valence-corrected chi connectivity index (χ1v) is 11.6.